The first kappa shape index (κ1) is 10.4. The Labute approximate surface area is 88.9 Å². The maximum atomic E-state index is 11.4. The summed E-state index contributed by atoms with van der Waals surface area (Å²) in [5.74, 6) is 0.671. The van der Waals surface area contributed by atoms with Gasteiger partial charge < -0.3 is 10.7 Å². The van der Waals surface area contributed by atoms with Crippen molar-refractivity contribution in [3.05, 3.63) is 27.9 Å². The molecule has 1 heterocycles. The summed E-state index contributed by atoms with van der Waals surface area (Å²) < 4.78 is 0. The summed E-state index contributed by atoms with van der Waals surface area (Å²) in [5.41, 5.74) is 6.58. The number of nitrogens with zero attached hydrogens (tertiary/aromatic N) is 1. The van der Waals surface area contributed by atoms with E-state index in [1.54, 1.807) is 6.07 Å². The van der Waals surface area contributed by atoms with E-state index in [9.17, 15) is 4.79 Å². The van der Waals surface area contributed by atoms with Crippen molar-refractivity contribution in [2.45, 2.75) is 44.6 Å². The number of hydrogen-bond acceptors (Lipinski definition) is 3. The van der Waals surface area contributed by atoms with Gasteiger partial charge in [-0.1, -0.05) is 19.8 Å². The SMILES string of the molecule is CCc1cc(=O)[nH]c(C2(N)CCCC2)n1. The zero-order valence-corrected chi connectivity index (χ0v) is 9.05. The predicted molar refractivity (Wildman–Crippen MR) is 58.6 cm³/mol. The van der Waals surface area contributed by atoms with Crippen LogP contribution in [0.5, 0.6) is 0 Å². The number of nitrogens with one attached hydrogen (secondary N) is 1. The van der Waals surface area contributed by atoms with Crippen molar-refractivity contribution < 1.29 is 0 Å². The zero-order valence-electron chi connectivity index (χ0n) is 9.05. The highest BCUT2D eigenvalue weighted by Crippen LogP contribution is 2.33. The molecule has 1 fully saturated rings. The summed E-state index contributed by atoms with van der Waals surface area (Å²) in [6.45, 7) is 1.99. The second-order valence-electron chi connectivity index (χ2n) is 4.30. The van der Waals surface area contributed by atoms with E-state index in [-0.39, 0.29) is 5.56 Å². The van der Waals surface area contributed by atoms with E-state index in [1.807, 2.05) is 6.92 Å². The van der Waals surface area contributed by atoms with Crippen LogP contribution in [-0.4, -0.2) is 9.97 Å². The Morgan fingerprint density at radius 3 is 2.80 bits per heavy atom. The van der Waals surface area contributed by atoms with Gasteiger partial charge >= 0.3 is 0 Å². The number of aryl methyl sites for hydroxylation is 1. The molecule has 0 aromatic carbocycles. The second-order valence-corrected chi connectivity index (χ2v) is 4.30. The molecule has 1 aliphatic carbocycles. The molecule has 2 rings (SSSR count). The summed E-state index contributed by atoms with van der Waals surface area (Å²) in [6.07, 6.45) is 4.85. The Bertz CT molecular complexity index is 405. The van der Waals surface area contributed by atoms with E-state index < -0.39 is 5.54 Å². The number of H-pyrrole nitrogens is 1. The molecule has 0 aliphatic heterocycles. The van der Waals surface area contributed by atoms with Crippen molar-refractivity contribution in [1.82, 2.24) is 9.97 Å². The molecule has 15 heavy (non-hydrogen) atoms. The van der Waals surface area contributed by atoms with Gasteiger partial charge in [-0.2, -0.15) is 0 Å². The van der Waals surface area contributed by atoms with Crippen molar-refractivity contribution in [2.75, 3.05) is 0 Å². The molecule has 0 amide bonds. The third-order valence-electron chi connectivity index (χ3n) is 3.12. The fourth-order valence-corrected chi connectivity index (χ4v) is 2.17. The molecule has 1 aromatic heterocycles. The van der Waals surface area contributed by atoms with Gasteiger partial charge in [-0.15, -0.1) is 0 Å². The van der Waals surface area contributed by atoms with Crippen LogP contribution in [0.4, 0.5) is 0 Å². The van der Waals surface area contributed by atoms with Gasteiger partial charge in [0.2, 0.25) is 0 Å². The highest BCUT2D eigenvalue weighted by Gasteiger charge is 2.33. The first-order valence-corrected chi connectivity index (χ1v) is 5.54. The average Bonchev–Trinajstić information content (AvgIpc) is 2.65. The topological polar surface area (TPSA) is 71.8 Å². The Hall–Kier alpha value is -1.16. The fourth-order valence-electron chi connectivity index (χ4n) is 2.17. The molecule has 4 nitrogen and oxygen atoms in total. The molecule has 1 saturated carbocycles. The first-order valence-electron chi connectivity index (χ1n) is 5.54. The maximum absolute atomic E-state index is 11.4. The number of nitrogens with two attached hydrogens (primary N) is 1. The first-order chi connectivity index (χ1) is 7.14. The molecule has 0 saturated heterocycles. The van der Waals surface area contributed by atoms with E-state index in [0.29, 0.717) is 5.82 Å². The van der Waals surface area contributed by atoms with Gasteiger partial charge in [-0.25, -0.2) is 4.98 Å². The third kappa shape index (κ3) is 1.95. The van der Waals surface area contributed by atoms with E-state index in [1.165, 1.54) is 0 Å². The van der Waals surface area contributed by atoms with Crippen LogP contribution in [0.15, 0.2) is 10.9 Å². The van der Waals surface area contributed by atoms with Gasteiger partial charge in [-0.05, 0) is 19.3 Å². The van der Waals surface area contributed by atoms with E-state index >= 15 is 0 Å². The zero-order chi connectivity index (χ0) is 10.9. The van der Waals surface area contributed by atoms with Gasteiger partial charge in [0.25, 0.3) is 5.56 Å². The van der Waals surface area contributed by atoms with Crippen LogP contribution in [-0.2, 0) is 12.0 Å². The van der Waals surface area contributed by atoms with E-state index in [2.05, 4.69) is 9.97 Å². The minimum Gasteiger partial charge on any atom is -0.319 e. The number of hydrogen-bond donors (Lipinski definition) is 2. The van der Waals surface area contributed by atoms with Crippen LogP contribution < -0.4 is 11.3 Å². The fraction of sp³-hybridized carbons (Fsp3) is 0.636. The smallest absolute Gasteiger partial charge is 0.251 e. The van der Waals surface area contributed by atoms with Crippen LogP contribution >= 0.6 is 0 Å². The number of rotatable bonds is 2. The molecular weight excluding hydrogens is 190 g/mol. The monoisotopic (exact) mass is 207 g/mol. The Morgan fingerprint density at radius 2 is 2.20 bits per heavy atom. The minimum absolute atomic E-state index is 0.0893. The van der Waals surface area contributed by atoms with E-state index in [0.717, 1.165) is 37.8 Å². The lowest BCUT2D eigenvalue weighted by Crippen LogP contribution is -2.37. The molecular formula is C11H17N3O. The highest BCUT2D eigenvalue weighted by molar-refractivity contribution is 5.11. The minimum atomic E-state index is -0.398. The number of aromatic nitrogens is 2. The summed E-state index contributed by atoms with van der Waals surface area (Å²) >= 11 is 0. The number of aromatic amines is 1. The lowest BCUT2D eigenvalue weighted by molar-refractivity contribution is 0.428. The van der Waals surface area contributed by atoms with Crippen LogP contribution in [0.3, 0.4) is 0 Å². The van der Waals surface area contributed by atoms with Crippen molar-refractivity contribution in [2.24, 2.45) is 5.73 Å². The normalized spacial score (nSPS) is 19.3. The average molecular weight is 207 g/mol. The van der Waals surface area contributed by atoms with Crippen LogP contribution in [0.1, 0.15) is 44.1 Å². The quantitative estimate of drug-likeness (QED) is 0.761. The standard InChI is InChI=1S/C11H17N3O/c1-2-8-7-9(15)14-10(13-8)11(12)5-3-4-6-11/h7H,2-6,12H2,1H3,(H,13,14,15). The molecule has 0 bridgehead atoms. The van der Waals surface area contributed by atoms with Crippen molar-refractivity contribution in [3.63, 3.8) is 0 Å². The molecule has 82 valence electrons. The van der Waals surface area contributed by atoms with Crippen LogP contribution in [0.25, 0.3) is 0 Å². The van der Waals surface area contributed by atoms with Gasteiger partial charge in [0.15, 0.2) is 0 Å². The third-order valence-corrected chi connectivity index (χ3v) is 3.12. The summed E-state index contributed by atoms with van der Waals surface area (Å²) in [6, 6.07) is 1.54. The van der Waals surface area contributed by atoms with E-state index in [4.69, 9.17) is 5.73 Å². The van der Waals surface area contributed by atoms with Gasteiger partial charge in [0.05, 0.1) is 5.54 Å². The molecule has 4 heteroatoms. The second kappa shape index (κ2) is 3.77. The molecule has 0 spiro atoms. The lowest BCUT2D eigenvalue weighted by atomic mass is 9.98. The predicted octanol–water partition coefficient (Wildman–Crippen LogP) is 1.06. The molecule has 1 aromatic rings. The maximum Gasteiger partial charge on any atom is 0.251 e. The molecule has 3 N–H and O–H groups in total. The Kier molecular flexibility index (Phi) is 2.61. The summed E-state index contributed by atoms with van der Waals surface area (Å²) in [4.78, 5) is 18.6. The van der Waals surface area contributed by atoms with Crippen molar-refractivity contribution in [1.29, 1.82) is 0 Å². The van der Waals surface area contributed by atoms with Crippen LogP contribution in [0.2, 0.25) is 0 Å². The van der Waals surface area contributed by atoms with Gasteiger partial charge in [-0.3, -0.25) is 4.79 Å². The van der Waals surface area contributed by atoms with Gasteiger partial charge in [0.1, 0.15) is 5.82 Å². The Morgan fingerprint density at radius 1 is 1.53 bits per heavy atom. The largest absolute Gasteiger partial charge is 0.319 e. The molecule has 0 atom stereocenters. The molecule has 0 radical (unpaired) electrons. The highest BCUT2D eigenvalue weighted by atomic mass is 16.1. The lowest BCUT2D eigenvalue weighted by Gasteiger charge is -2.22. The Balaban J connectivity index is 2.43. The molecule has 0 unspecified atom stereocenters. The summed E-state index contributed by atoms with van der Waals surface area (Å²) in [7, 11) is 0. The van der Waals surface area contributed by atoms with Crippen molar-refractivity contribution in [3.8, 4) is 0 Å². The van der Waals surface area contributed by atoms with Crippen LogP contribution in [0, 0.1) is 0 Å². The van der Waals surface area contributed by atoms with Crippen molar-refractivity contribution >= 4 is 0 Å². The summed E-state index contributed by atoms with van der Waals surface area (Å²) in [5, 5.41) is 0. The molecule has 1 aliphatic rings. The van der Waals surface area contributed by atoms with Gasteiger partial charge in [0, 0.05) is 11.8 Å².